The van der Waals surface area contributed by atoms with E-state index < -0.39 is 16.5 Å². The number of hydrogen-bond acceptors (Lipinski definition) is 5. The third-order valence-electron chi connectivity index (χ3n) is 5.97. The second-order valence-electron chi connectivity index (χ2n) is 7.66. The average Bonchev–Trinajstić information content (AvgIpc) is 3.10. The number of nitrogens with zero attached hydrogens (tertiary/aromatic N) is 2. The molecule has 1 aromatic carbocycles. The Morgan fingerprint density at radius 2 is 2.30 bits per heavy atom. The molecule has 1 heterocycles. The van der Waals surface area contributed by atoms with Gasteiger partial charge in [0, 0.05) is 25.1 Å². The Labute approximate surface area is 158 Å². The molecule has 3 unspecified atom stereocenters. The monoisotopic (exact) mass is 373 g/mol. The average molecular weight is 373 g/mol. The van der Waals surface area contributed by atoms with Crippen LogP contribution in [-0.2, 0) is 4.74 Å². The largest absolute Gasteiger partial charge is 0.379 e. The molecule has 0 bridgehead atoms. The van der Waals surface area contributed by atoms with Gasteiger partial charge in [0.05, 0.1) is 22.2 Å². The van der Waals surface area contributed by atoms with Crippen molar-refractivity contribution in [1.82, 2.24) is 0 Å². The minimum atomic E-state index is -1.54. The third-order valence-corrected chi connectivity index (χ3v) is 5.97. The Balaban J connectivity index is 1.84. The molecule has 0 aromatic heterocycles. The normalized spacial score (nSPS) is 30.0. The van der Waals surface area contributed by atoms with Crippen molar-refractivity contribution >= 4 is 11.4 Å². The molecule has 1 aliphatic carbocycles. The Hall–Kier alpha value is -2.46. The van der Waals surface area contributed by atoms with Crippen molar-refractivity contribution in [3.05, 3.63) is 46.0 Å². The number of nitriles is 1. The van der Waals surface area contributed by atoms with E-state index in [1.54, 1.807) is 6.92 Å². The number of nitrogens with one attached hydrogen (secondary N) is 1. The highest BCUT2D eigenvalue weighted by molar-refractivity contribution is 5.64. The molecule has 0 radical (unpaired) electrons. The predicted molar refractivity (Wildman–Crippen MR) is 100 cm³/mol. The number of hydrogen-bond donors (Lipinski definition) is 1. The molecule has 1 saturated heterocycles. The number of rotatable bonds is 5. The Bertz CT molecular complexity index is 798. The number of anilines is 1. The van der Waals surface area contributed by atoms with Gasteiger partial charge in [-0.25, -0.2) is 4.39 Å². The maximum atomic E-state index is 15.7. The summed E-state index contributed by atoms with van der Waals surface area (Å²) in [5.74, 6) is -0.410. The van der Waals surface area contributed by atoms with Crippen LogP contribution in [0.4, 0.5) is 15.8 Å². The van der Waals surface area contributed by atoms with Gasteiger partial charge in [-0.05, 0) is 56.7 Å². The topological polar surface area (TPSA) is 88.2 Å². The zero-order valence-corrected chi connectivity index (χ0v) is 15.5. The molecular formula is C20H24FN3O3. The van der Waals surface area contributed by atoms with E-state index in [2.05, 4.69) is 11.9 Å². The molecule has 3 rings (SSSR count). The van der Waals surface area contributed by atoms with Crippen molar-refractivity contribution in [2.75, 3.05) is 18.5 Å². The molecule has 2 fully saturated rings. The van der Waals surface area contributed by atoms with Crippen LogP contribution in [0.3, 0.4) is 0 Å². The van der Waals surface area contributed by atoms with Crippen LogP contribution >= 0.6 is 0 Å². The van der Waals surface area contributed by atoms with Gasteiger partial charge in [0.25, 0.3) is 5.69 Å². The summed E-state index contributed by atoms with van der Waals surface area (Å²) >= 11 is 0. The van der Waals surface area contributed by atoms with Crippen molar-refractivity contribution in [2.24, 2.45) is 5.92 Å². The Morgan fingerprint density at radius 1 is 1.52 bits per heavy atom. The molecular weight excluding hydrogens is 349 g/mol. The van der Waals surface area contributed by atoms with E-state index in [-0.39, 0.29) is 23.5 Å². The second-order valence-corrected chi connectivity index (χ2v) is 7.66. The van der Waals surface area contributed by atoms with Gasteiger partial charge in [0.15, 0.2) is 0 Å². The van der Waals surface area contributed by atoms with Crippen molar-refractivity contribution in [2.45, 2.75) is 50.3 Å². The summed E-state index contributed by atoms with van der Waals surface area (Å²) in [6, 6.07) is 6.11. The molecule has 6 nitrogen and oxygen atoms in total. The summed E-state index contributed by atoms with van der Waals surface area (Å²) in [5.41, 5.74) is -0.938. The zero-order valence-electron chi connectivity index (χ0n) is 15.5. The number of allylic oxidation sites excluding steroid dienone is 1. The van der Waals surface area contributed by atoms with E-state index in [0.717, 1.165) is 12.8 Å². The molecule has 1 aliphatic heterocycles. The SMILES string of the molecule is C=C(C)C1(F)CCC2(CCCO2)CC1CNc1cc(C#N)ccc1[N+](=O)[O-]. The van der Waals surface area contributed by atoms with Gasteiger partial charge in [-0.3, -0.25) is 10.1 Å². The van der Waals surface area contributed by atoms with Gasteiger partial charge >= 0.3 is 0 Å². The molecule has 144 valence electrons. The zero-order chi connectivity index (χ0) is 19.7. The van der Waals surface area contributed by atoms with Crippen LogP contribution in [-0.4, -0.2) is 29.3 Å². The van der Waals surface area contributed by atoms with Crippen molar-refractivity contribution in [3.8, 4) is 6.07 Å². The van der Waals surface area contributed by atoms with Crippen LogP contribution in [0, 0.1) is 27.4 Å². The Kier molecular flexibility index (Phi) is 5.20. The van der Waals surface area contributed by atoms with Gasteiger partial charge in [0.2, 0.25) is 0 Å². The summed E-state index contributed by atoms with van der Waals surface area (Å²) < 4.78 is 21.7. The molecule has 27 heavy (non-hydrogen) atoms. The number of nitro benzene ring substituents is 1. The minimum absolute atomic E-state index is 0.128. The molecule has 1 aromatic rings. The number of halogens is 1. The predicted octanol–water partition coefficient (Wildman–Crippen LogP) is 4.51. The standard InChI is InChI=1S/C20H24FN3O3/c1-14(2)20(21)8-7-19(6-3-9-27-19)11-16(20)13-23-17-10-15(12-22)4-5-18(17)24(25)26/h4-5,10,16,23H,1,3,6-9,11,13H2,2H3. The quantitative estimate of drug-likeness (QED) is 0.466. The number of alkyl halides is 1. The van der Waals surface area contributed by atoms with Crippen molar-refractivity contribution in [1.29, 1.82) is 5.26 Å². The maximum Gasteiger partial charge on any atom is 0.292 e. The highest BCUT2D eigenvalue weighted by atomic mass is 19.1. The fourth-order valence-electron chi connectivity index (χ4n) is 4.38. The van der Waals surface area contributed by atoms with E-state index >= 15 is 4.39 Å². The lowest BCUT2D eigenvalue weighted by atomic mass is 9.66. The van der Waals surface area contributed by atoms with Crippen LogP contribution in [0.2, 0.25) is 0 Å². The van der Waals surface area contributed by atoms with E-state index in [1.807, 2.05) is 6.07 Å². The minimum Gasteiger partial charge on any atom is -0.379 e. The van der Waals surface area contributed by atoms with Crippen molar-refractivity contribution in [3.63, 3.8) is 0 Å². The molecule has 0 amide bonds. The summed E-state index contributed by atoms with van der Waals surface area (Å²) in [6.45, 7) is 6.45. The third kappa shape index (κ3) is 3.67. The van der Waals surface area contributed by atoms with Gasteiger partial charge in [-0.15, -0.1) is 0 Å². The number of ether oxygens (including phenoxy) is 1. The van der Waals surface area contributed by atoms with Gasteiger partial charge in [-0.2, -0.15) is 5.26 Å². The molecule has 7 heteroatoms. The number of benzene rings is 1. The molecule has 1 spiro atoms. The first-order chi connectivity index (χ1) is 12.8. The lowest BCUT2D eigenvalue weighted by molar-refractivity contribution is -0.384. The lowest BCUT2D eigenvalue weighted by Gasteiger charge is -2.46. The molecule has 3 atom stereocenters. The van der Waals surface area contributed by atoms with E-state index in [4.69, 9.17) is 10.00 Å². The van der Waals surface area contributed by atoms with Crippen LogP contribution in [0.1, 0.15) is 44.6 Å². The second kappa shape index (κ2) is 7.28. The smallest absolute Gasteiger partial charge is 0.292 e. The van der Waals surface area contributed by atoms with E-state index in [9.17, 15) is 10.1 Å². The van der Waals surface area contributed by atoms with Crippen LogP contribution < -0.4 is 5.32 Å². The molecule has 1 N–H and O–H groups in total. The van der Waals surface area contributed by atoms with Crippen LogP contribution in [0.15, 0.2) is 30.4 Å². The van der Waals surface area contributed by atoms with Gasteiger partial charge in [0.1, 0.15) is 11.4 Å². The lowest BCUT2D eigenvalue weighted by Crippen LogP contribution is -2.49. The van der Waals surface area contributed by atoms with Crippen molar-refractivity contribution < 1.29 is 14.1 Å². The fraction of sp³-hybridized carbons (Fsp3) is 0.550. The first kappa shape index (κ1) is 19.3. The first-order valence-electron chi connectivity index (χ1n) is 9.21. The van der Waals surface area contributed by atoms with E-state index in [1.165, 1.54) is 18.2 Å². The van der Waals surface area contributed by atoms with E-state index in [0.29, 0.717) is 37.0 Å². The Morgan fingerprint density at radius 3 is 2.89 bits per heavy atom. The maximum absolute atomic E-state index is 15.7. The molecule has 1 saturated carbocycles. The summed E-state index contributed by atoms with van der Waals surface area (Å²) in [6.07, 6.45) is 3.45. The van der Waals surface area contributed by atoms with Crippen LogP contribution in [0.5, 0.6) is 0 Å². The highest BCUT2D eigenvalue weighted by Gasteiger charge is 2.51. The summed E-state index contributed by atoms with van der Waals surface area (Å²) in [7, 11) is 0. The van der Waals surface area contributed by atoms with Gasteiger partial charge in [-0.1, -0.05) is 6.58 Å². The van der Waals surface area contributed by atoms with Crippen LogP contribution in [0.25, 0.3) is 0 Å². The summed E-state index contributed by atoms with van der Waals surface area (Å²) in [5, 5.41) is 23.4. The molecule has 2 aliphatic rings. The number of nitro groups is 1. The first-order valence-corrected chi connectivity index (χ1v) is 9.21. The summed E-state index contributed by atoms with van der Waals surface area (Å²) in [4.78, 5) is 10.8. The fourth-order valence-corrected chi connectivity index (χ4v) is 4.38. The highest BCUT2D eigenvalue weighted by Crippen LogP contribution is 2.50. The van der Waals surface area contributed by atoms with Gasteiger partial charge < -0.3 is 10.1 Å².